The molecule has 1 unspecified atom stereocenters. The molecule has 2 aromatic rings. The number of methoxy groups -OCH3 is 1. The molecule has 0 spiro atoms. The van der Waals surface area contributed by atoms with Gasteiger partial charge in [0, 0.05) is 10.9 Å². The lowest BCUT2D eigenvalue weighted by atomic mass is 10.0. The Morgan fingerprint density at radius 3 is 2.76 bits per heavy atom. The van der Waals surface area contributed by atoms with E-state index in [2.05, 4.69) is 41.7 Å². The highest BCUT2D eigenvalue weighted by atomic mass is 32.2. The van der Waals surface area contributed by atoms with Gasteiger partial charge in [-0.2, -0.15) is 0 Å². The predicted molar refractivity (Wildman–Crippen MR) is 89.2 cm³/mol. The number of ether oxygens (including phenoxy) is 1. The Hall–Kier alpha value is -1.45. The number of benzene rings is 2. The minimum absolute atomic E-state index is 0.501. The lowest BCUT2D eigenvalue weighted by Gasteiger charge is -2.26. The molecule has 0 fully saturated rings. The zero-order valence-corrected chi connectivity index (χ0v) is 13.2. The molecule has 3 heteroatoms. The number of nitrogens with one attached hydrogen (secondary N) is 1. The molecule has 0 saturated heterocycles. The topological polar surface area (TPSA) is 21.3 Å². The molecule has 21 heavy (non-hydrogen) atoms. The Morgan fingerprint density at radius 2 is 1.95 bits per heavy atom. The van der Waals surface area contributed by atoms with Gasteiger partial charge in [-0.1, -0.05) is 30.3 Å². The van der Waals surface area contributed by atoms with E-state index in [4.69, 9.17) is 4.74 Å². The molecule has 1 aliphatic heterocycles. The molecule has 0 saturated carbocycles. The van der Waals surface area contributed by atoms with E-state index >= 15 is 0 Å². The average Bonchev–Trinajstić information content (AvgIpc) is 2.56. The zero-order chi connectivity index (χ0) is 14.5. The van der Waals surface area contributed by atoms with Crippen LogP contribution in [0, 0.1) is 0 Å². The van der Waals surface area contributed by atoms with Gasteiger partial charge in [-0.05, 0) is 54.5 Å². The number of rotatable bonds is 5. The normalized spacial score (nSPS) is 17.3. The van der Waals surface area contributed by atoms with E-state index < -0.39 is 0 Å². The second kappa shape index (κ2) is 7.01. The van der Waals surface area contributed by atoms with Gasteiger partial charge in [-0.25, -0.2) is 0 Å². The molecule has 0 amide bonds. The first-order chi connectivity index (χ1) is 10.4. The first-order valence-corrected chi connectivity index (χ1v) is 8.43. The molecule has 2 aromatic carbocycles. The smallest absolute Gasteiger partial charge is 0.118 e. The molecule has 1 atom stereocenters. The van der Waals surface area contributed by atoms with Crippen molar-refractivity contribution in [2.45, 2.75) is 23.8 Å². The largest absolute Gasteiger partial charge is 0.497 e. The van der Waals surface area contributed by atoms with Crippen molar-refractivity contribution in [1.82, 2.24) is 5.32 Å². The average molecular weight is 299 g/mol. The van der Waals surface area contributed by atoms with Crippen LogP contribution < -0.4 is 10.1 Å². The van der Waals surface area contributed by atoms with E-state index in [0.29, 0.717) is 6.04 Å². The van der Waals surface area contributed by atoms with Crippen LogP contribution in [-0.4, -0.2) is 19.4 Å². The Balaban J connectivity index is 1.56. The van der Waals surface area contributed by atoms with Crippen LogP contribution in [0.1, 0.15) is 23.6 Å². The second-order valence-corrected chi connectivity index (χ2v) is 6.42. The molecule has 1 aliphatic rings. The summed E-state index contributed by atoms with van der Waals surface area (Å²) in [6, 6.07) is 17.6. The third-order valence-corrected chi connectivity index (χ3v) is 5.04. The Bertz CT molecular complexity index is 582. The van der Waals surface area contributed by atoms with Gasteiger partial charge in [0.15, 0.2) is 0 Å². The molecule has 3 rings (SSSR count). The number of thioether (sulfide) groups is 1. The van der Waals surface area contributed by atoms with Crippen LogP contribution in [0.5, 0.6) is 5.75 Å². The van der Waals surface area contributed by atoms with E-state index in [9.17, 15) is 0 Å². The fraction of sp³-hybridized carbons (Fsp3) is 0.333. The van der Waals surface area contributed by atoms with Crippen molar-refractivity contribution < 1.29 is 4.74 Å². The van der Waals surface area contributed by atoms with Crippen molar-refractivity contribution in [2.24, 2.45) is 0 Å². The number of hydrogen-bond donors (Lipinski definition) is 1. The molecular weight excluding hydrogens is 278 g/mol. The summed E-state index contributed by atoms with van der Waals surface area (Å²) in [4.78, 5) is 1.44. The fourth-order valence-corrected chi connectivity index (χ4v) is 3.86. The van der Waals surface area contributed by atoms with Gasteiger partial charge in [0.25, 0.3) is 0 Å². The first kappa shape index (κ1) is 14.5. The summed E-state index contributed by atoms with van der Waals surface area (Å²) in [5.41, 5.74) is 2.81. The highest BCUT2D eigenvalue weighted by Crippen LogP contribution is 2.35. The van der Waals surface area contributed by atoms with Crippen LogP contribution in [0.15, 0.2) is 53.4 Å². The standard InChI is InChI=1S/C18H21NOS/c1-20-15-8-6-14(7-9-15)10-12-19-17-11-13-21-18-5-3-2-4-16(17)18/h2-9,17,19H,10-13H2,1H3. The van der Waals surface area contributed by atoms with E-state index in [1.54, 1.807) is 7.11 Å². The third kappa shape index (κ3) is 3.60. The highest BCUT2D eigenvalue weighted by Gasteiger charge is 2.19. The van der Waals surface area contributed by atoms with Crippen LogP contribution >= 0.6 is 11.8 Å². The molecule has 0 bridgehead atoms. The van der Waals surface area contributed by atoms with Gasteiger partial charge in [-0.15, -0.1) is 11.8 Å². The van der Waals surface area contributed by atoms with Crippen LogP contribution in [-0.2, 0) is 6.42 Å². The van der Waals surface area contributed by atoms with Gasteiger partial charge in [-0.3, -0.25) is 0 Å². The minimum atomic E-state index is 0.501. The molecular formula is C18H21NOS. The van der Waals surface area contributed by atoms with Crippen LogP contribution in [0.3, 0.4) is 0 Å². The molecule has 0 aliphatic carbocycles. The minimum Gasteiger partial charge on any atom is -0.497 e. The predicted octanol–water partition coefficient (Wildman–Crippen LogP) is 4.06. The Morgan fingerprint density at radius 1 is 1.14 bits per heavy atom. The lowest BCUT2D eigenvalue weighted by Crippen LogP contribution is -2.26. The van der Waals surface area contributed by atoms with Gasteiger partial charge >= 0.3 is 0 Å². The van der Waals surface area contributed by atoms with E-state index in [1.165, 1.54) is 28.2 Å². The summed E-state index contributed by atoms with van der Waals surface area (Å²) in [5, 5.41) is 3.71. The monoisotopic (exact) mass is 299 g/mol. The molecule has 0 radical (unpaired) electrons. The fourth-order valence-electron chi connectivity index (χ4n) is 2.74. The van der Waals surface area contributed by atoms with Crippen molar-refractivity contribution in [3.63, 3.8) is 0 Å². The lowest BCUT2D eigenvalue weighted by molar-refractivity contribution is 0.414. The van der Waals surface area contributed by atoms with Crippen LogP contribution in [0.2, 0.25) is 0 Å². The summed E-state index contributed by atoms with van der Waals surface area (Å²) in [5.74, 6) is 2.13. The van der Waals surface area contributed by atoms with Gasteiger partial charge in [0.2, 0.25) is 0 Å². The van der Waals surface area contributed by atoms with Crippen molar-refractivity contribution in [3.05, 3.63) is 59.7 Å². The Labute approximate surface area is 130 Å². The molecule has 110 valence electrons. The van der Waals surface area contributed by atoms with Gasteiger partial charge in [0.1, 0.15) is 5.75 Å². The maximum Gasteiger partial charge on any atom is 0.118 e. The van der Waals surface area contributed by atoms with Crippen molar-refractivity contribution in [1.29, 1.82) is 0 Å². The second-order valence-electron chi connectivity index (χ2n) is 5.28. The van der Waals surface area contributed by atoms with E-state index in [1.807, 2.05) is 23.9 Å². The zero-order valence-electron chi connectivity index (χ0n) is 12.3. The summed E-state index contributed by atoms with van der Waals surface area (Å²) in [7, 11) is 1.70. The van der Waals surface area contributed by atoms with Gasteiger partial charge < -0.3 is 10.1 Å². The van der Waals surface area contributed by atoms with Crippen LogP contribution in [0.4, 0.5) is 0 Å². The highest BCUT2D eigenvalue weighted by molar-refractivity contribution is 7.99. The van der Waals surface area contributed by atoms with E-state index in [0.717, 1.165) is 18.7 Å². The number of fused-ring (bicyclic) bond motifs is 1. The summed E-state index contributed by atoms with van der Waals surface area (Å²) in [6.07, 6.45) is 2.26. The quantitative estimate of drug-likeness (QED) is 0.899. The van der Waals surface area contributed by atoms with E-state index in [-0.39, 0.29) is 0 Å². The SMILES string of the molecule is COc1ccc(CCNC2CCSc3ccccc32)cc1. The maximum absolute atomic E-state index is 5.19. The van der Waals surface area contributed by atoms with Crippen molar-refractivity contribution >= 4 is 11.8 Å². The van der Waals surface area contributed by atoms with Crippen molar-refractivity contribution in [3.8, 4) is 5.75 Å². The first-order valence-electron chi connectivity index (χ1n) is 7.45. The molecule has 1 N–H and O–H groups in total. The third-order valence-electron chi connectivity index (χ3n) is 3.92. The summed E-state index contributed by atoms with van der Waals surface area (Å²) < 4.78 is 5.19. The van der Waals surface area contributed by atoms with Gasteiger partial charge in [0.05, 0.1) is 7.11 Å². The molecule has 0 aromatic heterocycles. The molecule has 1 heterocycles. The number of hydrogen-bond acceptors (Lipinski definition) is 3. The maximum atomic E-state index is 5.19. The Kier molecular flexibility index (Phi) is 4.84. The summed E-state index contributed by atoms with van der Waals surface area (Å²) in [6.45, 7) is 1.01. The molecule has 2 nitrogen and oxygen atoms in total. The van der Waals surface area contributed by atoms with Crippen molar-refractivity contribution in [2.75, 3.05) is 19.4 Å². The summed E-state index contributed by atoms with van der Waals surface area (Å²) >= 11 is 1.97. The van der Waals surface area contributed by atoms with Crippen LogP contribution in [0.25, 0.3) is 0 Å².